The average Bonchev–Trinajstić information content (AvgIpc) is 2.22. The molecule has 0 bridgehead atoms. The molecule has 16 heavy (non-hydrogen) atoms. The summed E-state index contributed by atoms with van der Waals surface area (Å²) in [5, 5.41) is 2.68. The van der Waals surface area contributed by atoms with Gasteiger partial charge in [-0.05, 0) is 34.0 Å². The lowest BCUT2D eigenvalue weighted by molar-refractivity contribution is -0.148. The highest BCUT2D eigenvalue weighted by atomic mass is 32.2. The molecule has 1 N–H and O–H groups in total. The second-order valence-corrected chi connectivity index (χ2v) is 6.35. The quantitative estimate of drug-likeness (QED) is 0.801. The Morgan fingerprint density at radius 3 is 2.44 bits per heavy atom. The van der Waals surface area contributed by atoms with E-state index in [1.54, 1.807) is 30.5 Å². The summed E-state index contributed by atoms with van der Waals surface area (Å²) >= 11 is 1.70. The highest BCUT2D eigenvalue weighted by Gasteiger charge is 2.38. The van der Waals surface area contributed by atoms with E-state index in [1.807, 2.05) is 6.26 Å². The van der Waals surface area contributed by atoms with Gasteiger partial charge in [0.05, 0.1) is 0 Å². The van der Waals surface area contributed by atoms with Gasteiger partial charge in [-0.2, -0.15) is 11.8 Å². The van der Waals surface area contributed by atoms with Crippen LogP contribution in [-0.4, -0.2) is 46.3 Å². The maximum Gasteiger partial charge on any atom is 0.245 e. The van der Waals surface area contributed by atoms with Gasteiger partial charge in [0.15, 0.2) is 0 Å². The summed E-state index contributed by atoms with van der Waals surface area (Å²) in [6, 6.07) is -0.767. The fourth-order valence-electron chi connectivity index (χ4n) is 1.67. The van der Waals surface area contributed by atoms with Crippen LogP contribution in [0.5, 0.6) is 0 Å². The van der Waals surface area contributed by atoms with Crippen LogP contribution >= 0.6 is 11.8 Å². The minimum absolute atomic E-state index is 0.00854. The fourth-order valence-corrected chi connectivity index (χ4v) is 1.93. The van der Waals surface area contributed by atoms with Crippen LogP contribution in [0.2, 0.25) is 0 Å². The topological polar surface area (TPSA) is 49.4 Å². The van der Waals surface area contributed by atoms with Crippen molar-refractivity contribution in [2.24, 2.45) is 0 Å². The molecule has 2 atom stereocenters. The van der Waals surface area contributed by atoms with E-state index in [4.69, 9.17) is 0 Å². The Hall–Kier alpha value is -0.710. The highest BCUT2D eigenvalue weighted by molar-refractivity contribution is 7.99. The zero-order valence-electron chi connectivity index (χ0n) is 10.5. The van der Waals surface area contributed by atoms with E-state index in [2.05, 4.69) is 19.2 Å². The summed E-state index contributed by atoms with van der Waals surface area (Å²) in [6.45, 7) is 8.26. The van der Waals surface area contributed by atoms with Crippen LogP contribution in [0.1, 0.15) is 27.7 Å². The zero-order valence-corrected chi connectivity index (χ0v) is 11.4. The molecule has 1 rings (SSSR count). The first-order chi connectivity index (χ1) is 7.28. The number of carbonyl (C=O) groups is 2. The standard InChI is InChI=1S/C11H20N2O2S/c1-7-10(15)13(6-11(3,4)16-5)8(2)9(14)12-7/h7-8H,6H2,1-5H3,(H,12,14). The van der Waals surface area contributed by atoms with E-state index < -0.39 is 6.04 Å². The molecule has 1 aliphatic rings. The van der Waals surface area contributed by atoms with Crippen molar-refractivity contribution in [3.05, 3.63) is 0 Å². The van der Waals surface area contributed by atoms with E-state index in [1.165, 1.54) is 0 Å². The third kappa shape index (κ3) is 2.70. The van der Waals surface area contributed by atoms with Gasteiger partial charge in [0, 0.05) is 11.3 Å². The highest BCUT2D eigenvalue weighted by Crippen LogP contribution is 2.24. The van der Waals surface area contributed by atoms with E-state index in [0.717, 1.165) is 0 Å². The molecule has 0 spiro atoms. The maximum absolute atomic E-state index is 12.0. The lowest BCUT2D eigenvalue weighted by Gasteiger charge is -2.40. The number of nitrogens with one attached hydrogen (secondary N) is 1. The van der Waals surface area contributed by atoms with Gasteiger partial charge in [-0.1, -0.05) is 0 Å². The van der Waals surface area contributed by atoms with Gasteiger partial charge in [-0.15, -0.1) is 0 Å². The lowest BCUT2D eigenvalue weighted by Crippen LogP contribution is -2.63. The second kappa shape index (κ2) is 4.65. The van der Waals surface area contributed by atoms with Gasteiger partial charge >= 0.3 is 0 Å². The second-order valence-electron chi connectivity index (χ2n) is 4.84. The van der Waals surface area contributed by atoms with Crippen LogP contribution in [0.3, 0.4) is 0 Å². The molecule has 92 valence electrons. The Morgan fingerprint density at radius 1 is 1.38 bits per heavy atom. The summed E-state index contributed by atoms with van der Waals surface area (Å²) < 4.78 is -0.0265. The predicted molar refractivity (Wildman–Crippen MR) is 66.4 cm³/mol. The molecule has 0 aromatic rings. The Bertz CT molecular complexity index is 304. The Kier molecular flexibility index (Phi) is 3.88. The third-order valence-corrected chi connectivity index (χ3v) is 4.20. The molecule has 0 aliphatic carbocycles. The number of nitrogens with zero attached hydrogens (tertiary/aromatic N) is 1. The maximum atomic E-state index is 12.0. The molecule has 0 aromatic heterocycles. The summed E-state index contributed by atoms with van der Waals surface area (Å²) in [6.07, 6.45) is 2.02. The van der Waals surface area contributed by atoms with Gasteiger partial charge in [-0.25, -0.2) is 0 Å². The van der Waals surface area contributed by atoms with Crippen LogP contribution in [0.4, 0.5) is 0 Å². The number of piperazine rings is 1. The third-order valence-electron chi connectivity index (χ3n) is 2.96. The van der Waals surface area contributed by atoms with Gasteiger partial charge in [-0.3, -0.25) is 9.59 Å². The summed E-state index contributed by atoms with van der Waals surface area (Å²) in [4.78, 5) is 25.3. The average molecular weight is 244 g/mol. The Balaban J connectivity index is 2.83. The summed E-state index contributed by atoms with van der Waals surface area (Å²) in [5.74, 6) is -0.0572. The van der Waals surface area contributed by atoms with E-state index in [9.17, 15) is 9.59 Å². The molecule has 1 saturated heterocycles. The molecule has 0 radical (unpaired) electrons. The van der Waals surface area contributed by atoms with Crippen LogP contribution in [-0.2, 0) is 9.59 Å². The van der Waals surface area contributed by atoms with E-state index in [0.29, 0.717) is 6.54 Å². The van der Waals surface area contributed by atoms with Crippen molar-refractivity contribution in [2.75, 3.05) is 12.8 Å². The minimum Gasteiger partial charge on any atom is -0.343 e. The van der Waals surface area contributed by atoms with Crippen molar-refractivity contribution in [1.82, 2.24) is 10.2 Å². The number of thioether (sulfide) groups is 1. The van der Waals surface area contributed by atoms with Crippen molar-refractivity contribution >= 4 is 23.6 Å². The molecule has 1 heterocycles. The molecule has 4 nitrogen and oxygen atoms in total. The predicted octanol–water partition coefficient (Wildman–Crippen LogP) is 0.863. The number of hydrogen-bond acceptors (Lipinski definition) is 3. The van der Waals surface area contributed by atoms with Crippen molar-refractivity contribution in [3.63, 3.8) is 0 Å². The normalized spacial score (nSPS) is 26.9. The van der Waals surface area contributed by atoms with Crippen molar-refractivity contribution in [3.8, 4) is 0 Å². The van der Waals surface area contributed by atoms with E-state index in [-0.39, 0.29) is 22.6 Å². The van der Waals surface area contributed by atoms with Crippen LogP contribution in [0, 0.1) is 0 Å². The summed E-state index contributed by atoms with van der Waals surface area (Å²) in [7, 11) is 0. The molecular formula is C11H20N2O2S. The largest absolute Gasteiger partial charge is 0.343 e. The minimum atomic E-state index is -0.402. The molecule has 1 aliphatic heterocycles. The van der Waals surface area contributed by atoms with Gasteiger partial charge < -0.3 is 10.2 Å². The first-order valence-corrected chi connectivity index (χ1v) is 6.67. The number of amides is 2. The van der Waals surface area contributed by atoms with Gasteiger partial charge in [0.25, 0.3) is 0 Å². The van der Waals surface area contributed by atoms with Crippen molar-refractivity contribution < 1.29 is 9.59 Å². The smallest absolute Gasteiger partial charge is 0.245 e. The molecule has 0 saturated carbocycles. The fraction of sp³-hybridized carbons (Fsp3) is 0.818. The van der Waals surface area contributed by atoms with Gasteiger partial charge in [0.1, 0.15) is 12.1 Å². The number of rotatable bonds is 3. The molecule has 0 aromatic carbocycles. The Labute approximate surface area is 101 Å². The Morgan fingerprint density at radius 2 is 1.94 bits per heavy atom. The molecule has 1 fully saturated rings. The molecule has 2 unspecified atom stereocenters. The monoisotopic (exact) mass is 244 g/mol. The van der Waals surface area contributed by atoms with Gasteiger partial charge in [0.2, 0.25) is 11.8 Å². The summed E-state index contributed by atoms with van der Waals surface area (Å²) in [5.41, 5.74) is 0. The first-order valence-electron chi connectivity index (χ1n) is 5.44. The van der Waals surface area contributed by atoms with Crippen molar-refractivity contribution in [1.29, 1.82) is 0 Å². The van der Waals surface area contributed by atoms with Crippen molar-refractivity contribution in [2.45, 2.75) is 44.5 Å². The SMILES string of the molecule is CSC(C)(C)CN1C(=O)C(C)NC(=O)C1C. The first kappa shape index (κ1) is 13.4. The molecular weight excluding hydrogens is 224 g/mol. The van der Waals surface area contributed by atoms with Crippen LogP contribution in [0.25, 0.3) is 0 Å². The van der Waals surface area contributed by atoms with Crippen LogP contribution in [0.15, 0.2) is 0 Å². The number of hydrogen-bond donors (Lipinski definition) is 1. The molecule has 5 heteroatoms. The molecule has 2 amide bonds. The van der Waals surface area contributed by atoms with E-state index >= 15 is 0 Å². The lowest BCUT2D eigenvalue weighted by atomic mass is 10.1. The number of carbonyl (C=O) groups excluding carboxylic acids is 2. The zero-order chi connectivity index (χ0) is 12.5. The van der Waals surface area contributed by atoms with Crippen LogP contribution < -0.4 is 5.32 Å².